The molecule has 1 aromatic heterocycles. The molecule has 0 saturated heterocycles. The van der Waals surface area contributed by atoms with E-state index in [0.717, 1.165) is 17.5 Å². The second-order valence-electron chi connectivity index (χ2n) is 3.99. The van der Waals surface area contributed by atoms with Gasteiger partial charge in [0.15, 0.2) is 5.82 Å². The van der Waals surface area contributed by atoms with Crippen LogP contribution >= 0.6 is 11.6 Å². The lowest BCUT2D eigenvalue weighted by Crippen LogP contribution is -2.10. The van der Waals surface area contributed by atoms with Crippen molar-refractivity contribution < 1.29 is 4.52 Å². The maximum absolute atomic E-state index is 5.98. The van der Waals surface area contributed by atoms with Crippen LogP contribution in [0.1, 0.15) is 30.8 Å². The van der Waals surface area contributed by atoms with Crippen LogP contribution in [0, 0.1) is 6.92 Å². The molecule has 4 nitrogen and oxygen atoms in total. The topological polar surface area (TPSA) is 64.9 Å². The zero-order chi connectivity index (χ0) is 12.4. The molecule has 1 unspecified atom stereocenters. The minimum Gasteiger partial charge on any atom is -0.334 e. The normalized spacial score (nSPS) is 12.7. The van der Waals surface area contributed by atoms with Crippen molar-refractivity contribution in [2.75, 3.05) is 0 Å². The number of hydrogen-bond donors (Lipinski definition) is 1. The molecule has 5 heteroatoms. The van der Waals surface area contributed by atoms with Gasteiger partial charge in [-0.25, -0.2) is 0 Å². The van der Waals surface area contributed by atoms with Gasteiger partial charge >= 0.3 is 0 Å². The van der Waals surface area contributed by atoms with Crippen molar-refractivity contribution in [3.8, 4) is 11.5 Å². The molecule has 0 radical (unpaired) electrons. The van der Waals surface area contributed by atoms with E-state index in [2.05, 4.69) is 10.1 Å². The summed E-state index contributed by atoms with van der Waals surface area (Å²) in [6.45, 7) is 3.94. The van der Waals surface area contributed by atoms with Crippen molar-refractivity contribution in [2.45, 2.75) is 26.3 Å². The Morgan fingerprint density at radius 3 is 2.82 bits per heavy atom. The molecule has 0 amide bonds. The SMILES string of the molecule is CCC(N)c1noc(-c2cc(C)cc(Cl)c2)n1. The number of nitrogens with zero attached hydrogens (tertiary/aromatic N) is 2. The lowest BCUT2D eigenvalue weighted by Gasteiger charge is -2.00. The molecular weight excluding hydrogens is 238 g/mol. The molecular formula is C12H14ClN3O. The molecule has 0 aliphatic carbocycles. The third kappa shape index (κ3) is 2.65. The Labute approximate surface area is 105 Å². The van der Waals surface area contributed by atoms with Gasteiger partial charge in [0.1, 0.15) is 0 Å². The van der Waals surface area contributed by atoms with Crippen LogP contribution in [0.3, 0.4) is 0 Å². The molecule has 1 atom stereocenters. The van der Waals surface area contributed by atoms with E-state index < -0.39 is 0 Å². The van der Waals surface area contributed by atoms with E-state index in [0.29, 0.717) is 16.7 Å². The Morgan fingerprint density at radius 1 is 1.41 bits per heavy atom. The molecule has 0 bridgehead atoms. The summed E-state index contributed by atoms with van der Waals surface area (Å²) in [6.07, 6.45) is 0.771. The molecule has 0 aliphatic heterocycles. The number of aryl methyl sites for hydroxylation is 1. The summed E-state index contributed by atoms with van der Waals surface area (Å²) in [5.41, 5.74) is 7.70. The number of halogens is 1. The fraction of sp³-hybridized carbons (Fsp3) is 0.333. The van der Waals surface area contributed by atoms with E-state index >= 15 is 0 Å². The molecule has 17 heavy (non-hydrogen) atoms. The van der Waals surface area contributed by atoms with E-state index in [1.54, 1.807) is 6.07 Å². The highest BCUT2D eigenvalue weighted by atomic mass is 35.5. The molecule has 0 fully saturated rings. The Balaban J connectivity index is 2.36. The van der Waals surface area contributed by atoms with Gasteiger partial charge in [-0.05, 0) is 37.1 Å². The first-order chi connectivity index (χ1) is 8.10. The summed E-state index contributed by atoms with van der Waals surface area (Å²) in [7, 11) is 0. The molecule has 2 N–H and O–H groups in total. The van der Waals surface area contributed by atoms with E-state index in [1.165, 1.54) is 0 Å². The second-order valence-corrected chi connectivity index (χ2v) is 4.43. The standard InChI is InChI=1S/C12H14ClN3O/c1-3-10(14)11-15-12(17-16-11)8-4-7(2)5-9(13)6-8/h4-6,10H,3,14H2,1-2H3. The summed E-state index contributed by atoms with van der Waals surface area (Å²) < 4.78 is 5.18. The van der Waals surface area contributed by atoms with Gasteiger partial charge in [0.2, 0.25) is 0 Å². The van der Waals surface area contributed by atoms with Crippen molar-refractivity contribution >= 4 is 11.6 Å². The molecule has 1 heterocycles. The van der Waals surface area contributed by atoms with Gasteiger partial charge in [-0.1, -0.05) is 23.7 Å². The Morgan fingerprint density at radius 2 is 2.18 bits per heavy atom. The maximum atomic E-state index is 5.98. The summed E-state index contributed by atoms with van der Waals surface area (Å²) in [5, 5.41) is 4.52. The van der Waals surface area contributed by atoms with E-state index in [1.807, 2.05) is 26.0 Å². The summed E-state index contributed by atoms with van der Waals surface area (Å²) in [6, 6.07) is 5.43. The summed E-state index contributed by atoms with van der Waals surface area (Å²) in [4.78, 5) is 4.27. The van der Waals surface area contributed by atoms with Crippen LogP contribution in [0.5, 0.6) is 0 Å². The van der Waals surface area contributed by atoms with Crippen molar-refractivity contribution in [3.63, 3.8) is 0 Å². The van der Waals surface area contributed by atoms with Crippen molar-refractivity contribution in [2.24, 2.45) is 5.73 Å². The predicted molar refractivity (Wildman–Crippen MR) is 66.7 cm³/mol. The Kier molecular flexibility index (Phi) is 3.45. The van der Waals surface area contributed by atoms with E-state index in [-0.39, 0.29) is 6.04 Å². The average Bonchev–Trinajstić information content (AvgIpc) is 2.76. The second kappa shape index (κ2) is 4.85. The summed E-state index contributed by atoms with van der Waals surface area (Å²) >= 11 is 5.98. The van der Waals surface area contributed by atoms with Gasteiger partial charge < -0.3 is 10.3 Å². The highest BCUT2D eigenvalue weighted by Crippen LogP contribution is 2.24. The number of nitrogens with two attached hydrogens (primary N) is 1. The largest absolute Gasteiger partial charge is 0.334 e. The van der Waals surface area contributed by atoms with Gasteiger partial charge in [-0.15, -0.1) is 0 Å². The van der Waals surface area contributed by atoms with Crippen LogP contribution in [0.4, 0.5) is 0 Å². The smallest absolute Gasteiger partial charge is 0.258 e. The third-order valence-electron chi connectivity index (χ3n) is 2.50. The highest BCUT2D eigenvalue weighted by molar-refractivity contribution is 6.30. The van der Waals surface area contributed by atoms with E-state index in [4.69, 9.17) is 21.9 Å². The van der Waals surface area contributed by atoms with Crippen LogP contribution in [0.15, 0.2) is 22.7 Å². The minimum atomic E-state index is -0.187. The van der Waals surface area contributed by atoms with E-state index in [9.17, 15) is 0 Å². The zero-order valence-electron chi connectivity index (χ0n) is 9.77. The van der Waals surface area contributed by atoms with Gasteiger partial charge in [-0.3, -0.25) is 0 Å². The molecule has 2 aromatic rings. The first-order valence-corrected chi connectivity index (χ1v) is 5.84. The van der Waals surface area contributed by atoms with Crippen molar-refractivity contribution in [1.29, 1.82) is 0 Å². The summed E-state index contributed by atoms with van der Waals surface area (Å²) in [5.74, 6) is 0.981. The highest BCUT2D eigenvalue weighted by Gasteiger charge is 2.14. The number of hydrogen-bond acceptors (Lipinski definition) is 4. The fourth-order valence-electron chi connectivity index (χ4n) is 1.55. The van der Waals surface area contributed by atoms with Gasteiger partial charge in [0, 0.05) is 10.6 Å². The maximum Gasteiger partial charge on any atom is 0.258 e. The molecule has 0 saturated carbocycles. The van der Waals surface area contributed by atoms with Crippen LogP contribution in [-0.4, -0.2) is 10.1 Å². The molecule has 0 aliphatic rings. The first-order valence-electron chi connectivity index (χ1n) is 5.47. The van der Waals surface area contributed by atoms with Crippen molar-refractivity contribution in [3.05, 3.63) is 34.6 Å². The van der Waals surface area contributed by atoms with Crippen LogP contribution in [0.2, 0.25) is 5.02 Å². The molecule has 1 aromatic carbocycles. The van der Waals surface area contributed by atoms with Crippen molar-refractivity contribution in [1.82, 2.24) is 10.1 Å². The molecule has 2 rings (SSSR count). The van der Waals surface area contributed by atoms with Crippen LogP contribution in [0.25, 0.3) is 11.5 Å². The minimum absolute atomic E-state index is 0.187. The van der Waals surface area contributed by atoms with Gasteiger partial charge in [-0.2, -0.15) is 4.98 Å². The average molecular weight is 252 g/mol. The first kappa shape index (κ1) is 12.1. The lowest BCUT2D eigenvalue weighted by atomic mass is 10.1. The lowest BCUT2D eigenvalue weighted by molar-refractivity contribution is 0.415. The third-order valence-corrected chi connectivity index (χ3v) is 2.72. The predicted octanol–water partition coefficient (Wildman–Crippen LogP) is 3.11. The number of benzene rings is 1. The quantitative estimate of drug-likeness (QED) is 0.910. The van der Waals surface area contributed by atoms with Crippen LogP contribution in [-0.2, 0) is 0 Å². The molecule has 0 spiro atoms. The number of aromatic nitrogens is 2. The van der Waals surface area contributed by atoms with Crippen LogP contribution < -0.4 is 5.73 Å². The van der Waals surface area contributed by atoms with Gasteiger partial charge in [0.05, 0.1) is 6.04 Å². The Hall–Kier alpha value is -1.39. The molecule has 90 valence electrons. The fourth-order valence-corrected chi connectivity index (χ4v) is 1.83. The zero-order valence-corrected chi connectivity index (χ0v) is 10.5. The Bertz CT molecular complexity index is 504. The number of rotatable bonds is 3. The van der Waals surface area contributed by atoms with Gasteiger partial charge in [0.25, 0.3) is 5.89 Å². The monoisotopic (exact) mass is 251 g/mol.